The van der Waals surface area contributed by atoms with E-state index in [0.29, 0.717) is 18.8 Å². The predicted molar refractivity (Wildman–Crippen MR) is 110 cm³/mol. The highest BCUT2D eigenvalue weighted by Gasteiger charge is 2.59. The number of rotatable bonds is 5. The lowest BCUT2D eigenvalue weighted by Crippen LogP contribution is -2.68. The molecule has 5 nitrogen and oxygen atoms in total. The van der Waals surface area contributed by atoms with Crippen LogP contribution in [0.25, 0.3) is 0 Å². The van der Waals surface area contributed by atoms with Gasteiger partial charge in [0.05, 0.1) is 0 Å². The lowest BCUT2D eigenvalue weighted by atomic mass is 9.66. The number of fused-ring (bicyclic) bond motifs is 3. The molecular weight excluding hydrogens is 385 g/mol. The molecule has 2 aliphatic heterocycles. The lowest BCUT2D eigenvalue weighted by molar-refractivity contribution is -0.170. The molecule has 4 aliphatic rings. The molecule has 2 bridgehead atoms. The molecule has 2 heterocycles. The maximum absolute atomic E-state index is 15.5. The molecule has 5 atom stereocenters. The molecule has 1 aromatic carbocycles. The van der Waals surface area contributed by atoms with E-state index < -0.39 is 35.8 Å². The number of esters is 1. The minimum absolute atomic E-state index is 0.109. The number of amides is 1. The summed E-state index contributed by atoms with van der Waals surface area (Å²) in [5.74, 6) is -0.736. The summed E-state index contributed by atoms with van der Waals surface area (Å²) in [5.41, 5.74) is 0.173. The maximum atomic E-state index is 15.5. The molecule has 0 spiro atoms. The van der Waals surface area contributed by atoms with Crippen LogP contribution in [0.15, 0.2) is 30.3 Å². The number of carbonyl (C=O) groups excluding carboxylic acids is 2. The fraction of sp³-hybridized carbons (Fsp3) is 0.667. The summed E-state index contributed by atoms with van der Waals surface area (Å²) in [4.78, 5) is 27.7. The van der Waals surface area contributed by atoms with Crippen molar-refractivity contribution in [3.63, 3.8) is 0 Å². The summed E-state index contributed by atoms with van der Waals surface area (Å²) in [6, 6.07) is 8.15. The number of piperidine rings is 2. The van der Waals surface area contributed by atoms with E-state index in [1.165, 1.54) is 4.90 Å². The van der Waals surface area contributed by atoms with Crippen LogP contribution < -0.4 is 0 Å². The SMILES string of the molecule is CC(C)(C)OC(=O)N1[C@H]2CC[C@H]([C@@H](F)[C@@H]2CC2CC2)[C@@H]1C(=O)OCc1ccccc1. The van der Waals surface area contributed by atoms with Crippen LogP contribution in [0, 0.1) is 17.8 Å². The summed E-state index contributed by atoms with van der Waals surface area (Å²) < 4.78 is 26.7. The van der Waals surface area contributed by atoms with Gasteiger partial charge in [-0.2, -0.15) is 0 Å². The fourth-order valence-electron chi connectivity index (χ4n) is 5.05. The summed E-state index contributed by atoms with van der Waals surface area (Å²) in [7, 11) is 0. The molecule has 0 radical (unpaired) electrons. The minimum Gasteiger partial charge on any atom is -0.459 e. The van der Waals surface area contributed by atoms with Gasteiger partial charge in [0, 0.05) is 17.9 Å². The van der Waals surface area contributed by atoms with Crippen molar-refractivity contribution in [3.05, 3.63) is 35.9 Å². The molecule has 0 aromatic heterocycles. The number of carbonyl (C=O) groups is 2. The third-order valence-corrected chi connectivity index (χ3v) is 6.54. The van der Waals surface area contributed by atoms with Crippen LogP contribution in [0.5, 0.6) is 0 Å². The smallest absolute Gasteiger partial charge is 0.411 e. The van der Waals surface area contributed by atoms with Gasteiger partial charge in [0.1, 0.15) is 24.4 Å². The lowest BCUT2D eigenvalue weighted by Gasteiger charge is -2.55. The van der Waals surface area contributed by atoms with Crippen LogP contribution in [-0.2, 0) is 20.9 Å². The van der Waals surface area contributed by atoms with Crippen LogP contribution in [0.2, 0.25) is 0 Å². The highest BCUT2D eigenvalue weighted by Crippen LogP contribution is 2.50. The van der Waals surface area contributed by atoms with Gasteiger partial charge in [-0.05, 0) is 51.5 Å². The minimum atomic E-state index is -1.09. The third-order valence-electron chi connectivity index (χ3n) is 6.54. The predicted octanol–water partition coefficient (Wildman–Crippen LogP) is 4.88. The van der Waals surface area contributed by atoms with E-state index in [1.54, 1.807) is 20.8 Å². The Balaban J connectivity index is 1.55. The number of ether oxygens (including phenoxy) is 2. The molecule has 4 fully saturated rings. The molecule has 2 saturated heterocycles. The van der Waals surface area contributed by atoms with Gasteiger partial charge >= 0.3 is 12.1 Å². The molecule has 2 saturated carbocycles. The Morgan fingerprint density at radius 1 is 1.10 bits per heavy atom. The van der Waals surface area contributed by atoms with Crippen LogP contribution >= 0.6 is 0 Å². The Labute approximate surface area is 177 Å². The molecule has 30 heavy (non-hydrogen) atoms. The van der Waals surface area contributed by atoms with Crippen molar-refractivity contribution in [2.24, 2.45) is 17.8 Å². The number of hydrogen-bond donors (Lipinski definition) is 0. The second-order valence-corrected chi connectivity index (χ2v) is 10.0. The molecule has 1 amide bonds. The third kappa shape index (κ3) is 4.47. The summed E-state index contributed by atoms with van der Waals surface area (Å²) >= 11 is 0. The average Bonchev–Trinajstić information content (AvgIpc) is 3.51. The average molecular weight is 418 g/mol. The van der Waals surface area contributed by atoms with Crippen LogP contribution in [0.4, 0.5) is 9.18 Å². The van der Waals surface area contributed by atoms with E-state index in [4.69, 9.17) is 9.47 Å². The van der Waals surface area contributed by atoms with Gasteiger partial charge in [-0.25, -0.2) is 14.0 Å². The largest absolute Gasteiger partial charge is 0.459 e. The zero-order chi connectivity index (χ0) is 21.5. The number of halogens is 1. The standard InChI is InChI=1S/C24H32FNO4/c1-24(2,3)30-23(28)26-19-12-11-17(20(25)18(19)13-15-9-10-15)21(26)22(27)29-14-16-7-5-4-6-8-16/h4-8,15,17-21H,9-14H2,1-3H3/t17-,18-,19+,20-,21-/m1/s1. The van der Waals surface area contributed by atoms with Gasteiger partial charge in [-0.3, -0.25) is 4.90 Å². The molecule has 2 aliphatic carbocycles. The first-order valence-electron chi connectivity index (χ1n) is 11.1. The topological polar surface area (TPSA) is 55.8 Å². The fourth-order valence-corrected chi connectivity index (χ4v) is 5.05. The maximum Gasteiger partial charge on any atom is 0.411 e. The number of benzene rings is 1. The van der Waals surface area contributed by atoms with Gasteiger partial charge in [0.25, 0.3) is 0 Å². The normalized spacial score (nSPS) is 30.8. The van der Waals surface area contributed by atoms with Crippen molar-refractivity contribution < 1.29 is 23.5 Å². The van der Waals surface area contributed by atoms with Crippen molar-refractivity contribution in [1.29, 1.82) is 0 Å². The van der Waals surface area contributed by atoms with Gasteiger partial charge in [0.15, 0.2) is 0 Å². The van der Waals surface area contributed by atoms with Gasteiger partial charge in [-0.1, -0.05) is 43.2 Å². The Kier molecular flexibility index (Phi) is 5.78. The van der Waals surface area contributed by atoms with E-state index in [0.717, 1.165) is 24.8 Å². The Hall–Kier alpha value is -2.11. The van der Waals surface area contributed by atoms with Gasteiger partial charge in [-0.15, -0.1) is 0 Å². The van der Waals surface area contributed by atoms with Gasteiger partial charge < -0.3 is 9.47 Å². The van der Waals surface area contributed by atoms with Crippen LogP contribution in [0.1, 0.15) is 58.4 Å². The zero-order valence-corrected chi connectivity index (χ0v) is 18.1. The first kappa shape index (κ1) is 21.1. The zero-order valence-electron chi connectivity index (χ0n) is 18.1. The monoisotopic (exact) mass is 417 g/mol. The summed E-state index contributed by atoms with van der Waals surface area (Å²) in [5, 5.41) is 0. The Morgan fingerprint density at radius 3 is 2.43 bits per heavy atom. The highest BCUT2D eigenvalue weighted by atomic mass is 19.1. The number of alkyl halides is 1. The van der Waals surface area contributed by atoms with E-state index in [9.17, 15) is 9.59 Å². The quantitative estimate of drug-likeness (QED) is 0.641. The first-order chi connectivity index (χ1) is 14.2. The summed E-state index contributed by atoms with van der Waals surface area (Å²) in [6.45, 7) is 5.51. The van der Waals surface area contributed by atoms with Crippen LogP contribution in [-0.4, -0.2) is 40.8 Å². The van der Waals surface area contributed by atoms with Crippen LogP contribution in [0.3, 0.4) is 0 Å². The van der Waals surface area contributed by atoms with E-state index in [2.05, 4.69) is 0 Å². The van der Waals surface area contributed by atoms with Crippen molar-refractivity contribution in [2.45, 2.75) is 83.3 Å². The number of nitrogens with zero attached hydrogens (tertiary/aromatic N) is 1. The molecular formula is C24H32FNO4. The molecule has 6 heteroatoms. The van der Waals surface area contributed by atoms with Crippen molar-refractivity contribution >= 4 is 12.1 Å². The van der Waals surface area contributed by atoms with E-state index in [1.807, 2.05) is 30.3 Å². The molecule has 1 aromatic rings. The Morgan fingerprint density at radius 2 is 1.80 bits per heavy atom. The van der Waals surface area contributed by atoms with E-state index in [-0.39, 0.29) is 18.6 Å². The van der Waals surface area contributed by atoms with Gasteiger partial charge in [0.2, 0.25) is 0 Å². The second-order valence-electron chi connectivity index (χ2n) is 10.0. The Bertz CT molecular complexity index is 773. The molecule has 164 valence electrons. The number of hydrogen-bond acceptors (Lipinski definition) is 4. The van der Waals surface area contributed by atoms with Crippen molar-refractivity contribution in [2.75, 3.05) is 0 Å². The molecule has 5 rings (SSSR count). The van der Waals surface area contributed by atoms with Crippen molar-refractivity contribution in [1.82, 2.24) is 4.90 Å². The van der Waals surface area contributed by atoms with Crippen molar-refractivity contribution in [3.8, 4) is 0 Å². The van der Waals surface area contributed by atoms with E-state index >= 15 is 4.39 Å². The molecule has 0 unspecified atom stereocenters. The molecule has 0 N–H and O–H groups in total. The summed E-state index contributed by atoms with van der Waals surface area (Å²) in [6.07, 6.45) is 2.74. The second kappa shape index (κ2) is 8.20. The highest BCUT2D eigenvalue weighted by molar-refractivity contribution is 5.83. The first-order valence-corrected chi connectivity index (χ1v) is 11.1.